The maximum Gasteiger partial charge on any atom is 0.156 e. The Labute approximate surface area is 85.0 Å². The average molecular weight is 192 g/mol. The smallest absolute Gasteiger partial charge is 0.156 e. The van der Waals surface area contributed by atoms with Gasteiger partial charge in [0.05, 0.1) is 0 Å². The molecule has 0 aliphatic carbocycles. The Bertz CT molecular complexity index is 270. The lowest BCUT2D eigenvalue weighted by atomic mass is 10.1. The fourth-order valence-corrected chi connectivity index (χ4v) is 0.873. The van der Waals surface area contributed by atoms with Crippen LogP contribution in [0.4, 0.5) is 0 Å². The summed E-state index contributed by atoms with van der Waals surface area (Å²) < 4.78 is 0. The highest BCUT2D eigenvalue weighted by Gasteiger charge is 2.00. The van der Waals surface area contributed by atoms with E-state index in [4.69, 9.17) is 0 Å². The van der Waals surface area contributed by atoms with Crippen molar-refractivity contribution in [1.82, 2.24) is 0 Å². The van der Waals surface area contributed by atoms with Gasteiger partial charge in [-0.2, -0.15) is 0 Å². The Balaban J connectivity index is 3.80. The van der Waals surface area contributed by atoms with Crippen LogP contribution in [0, 0.1) is 0 Å². The average Bonchev–Trinajstić information content (AvgIpc) is 2.16. The van der Waals surface area contributed by atoms with Crippen LogP contribution in [0.1, 0.15) is 26.7 Å². The zero-order valence-electron chi connectivity index (χ0n) is 8.69. The van der Waals surface area contributed by atoms with Crippen molar-refractivity contribution >= 4 is 11.6 Å². The number of hydrogen-bond donors (Lipinski definition) is 0. The van der Waals surface area contributed by atoms with E-state index in [0.717, 1.165) is 0 Å². The summed E-state index contributed by atoms with van der Waals surface area (Å²) in [7, 11) is 0. The van der Waals surface area contributed by atoms with E-state index < -0.39 is 0 Å². The van der Waals surface area contributed by atoms with Gasteiger partial charge in [-0.25, -0.2) is 0 Å². The molecular weight excluding hydrogens is 176 g/mol. The van der Waals surface area contributed by atoms with Gasteiger partial charge in [0.1, 0.15) is 0 Å². The minimum Gasteiger partial charge on any atom is -0.295 e. The molecule has 0 unspecified atom stereocenters. The third-order valence-electron chi connectivity index (χ3n) is 1.56. The molecule has 0 saturated heterocycles. The molecule has 0 amide bonds. The summed E-state index contributed by atoms with van der Waals surface area (Å²) in [5.41, 5.74) is 0. The summed E-state index contributed by atoms with van der Waals surface area (Å²) in [5, 5.41) is 0. The van der Waals surface area contributed by atoms with Crippen LogP contribution in [0.5, 0.6) is 0 Å². The molecule has 0 aliphatic heterocycles. The molecule has 2 nitrogen and oxygen atoms in total. The second-order valence-electron chi connectivity index (χ2n) is 2.82. The summed E-state index contributed by atoms with van der Waals surface area (Å²) in [6, 6.07) is 0. The van der Waals surface area contributed by atoms with Gasteiger partial charge in [-0.15, -0.1) is 0 Å². The van der Waals surface area contributed by atoms with E-state index >= 15 is 0 Å². The van der Waals surface area contributed by atoms with Crippen molar-refractivity contribution in [3.8, 4) is 0 Å². The van der Waals surface area contributed by atoms with Crippen molar-refractivity contribution in [3.05, 3.63) is 36.5 Å². The Morgan fingerprint density at radius 3 is 1.93 bits per heavy atom. The maximum absolute atomic E-state index is 11.1. The predicted octanol–water partition coefficient (Wildman–Crippen LogP) is 2.61. The Hall–Kier alpha value is -1.44. The van der Waals surface area contributed by atoms with Gasteiger partial charge in [-0.3, -0.25) is 9.59 Å². The summed E-state index contributed by atoms with van der Waals surface area (Å²) in [6.07, 6.45) is 10.6. The zero-order chi connectivity index (χ0) is 10.8. The Kier molecular flexibility index (Phi) is 7.33. The van der Waals surface area contributed by atoms with Gasteiger partial charge < -0.3 is 0 Å². The third kappa shape index (κ3) is 7.22. The van der Waals surface area contributed by atoms with E-state index in [1.807, 2.05) is 13.0 Å². The largest absolute Gasteiger partial charge is 0.295 e. The van der Waals surface area contributed by atoms with Gasteiger partial charge in [0.2, 0.25) is 0 Å². The molecule has 0 aromatic heterocycles. The van der Waals surface area contributed by atoms with Crippen LogP contribution in [0.25, 0.3) is 0 Å². The molecule has 0 aromatic rings. The van der Waals surface area contributed by atoms with E-state index in [2.05, 4.69) is 0 Å². The van der Waals surface area contributed by atoms with Crippen LogP contribution >= 0.6 is 0 Å². The van der Waals surface area contributed by atoms with Crippen molar-refractivity contribution in [1.29, 1.82) is 0 Å². The molecule has 0 heterocycles. The quantitative estimate of drug-likeness (QED) is 0.479. The molecule has 0 N–H and O–H groups in total. The summed E-state index contributed by atoms with van der Waals surface area (Å²) in [5.74, 6) is -0.0127. The number of allylic oxidation sites excluding steroid dienone is 6. The zero-order valence-corrected chi connectivity index (χ0v) is 8.69. The first-order chi connectivity index (χ1) is 6.70. The molecule has 0 fully saturated rings. The molecule has 0 bridgehead atoms. The molecule has 0 radical (unpaired) electrons. The minimum atomic E-state index is -0.0130. The van der Waals surface area contributed by atoms with Crippen molar-refractivity contribution in [2.75, 3.05) is 0 Å². The second-order valence-corrected chi connectivity index (χ2v) is 2.82. The molecule has 0 atom stereocenters. The number of carbonyl (C=O) groups excluding carboxylic acids is 2. The van der Waals surface area contributed by atoms with Gasteiger partial charge in [0.25, 0.3) is 0 Å². The third-order valence-corrected chi connectivity index (χ3v) is 1.56. The molecule has 0 spiro atoms. The molecule has 2 heteroatoms. The molecule has 14 heavy (non-hydrogen) atoms. The highest BCUT2D eigenvalue weighted by atomic mass is 16.1. The van der Waals surface area contributed by atoms with Crippen LogP contribution in [-0.4, -0.2) is 11.6 Å². The number of carbonyl (C=O) groups is 2. The fraction of sp³-hybridized carbons (Fsp3) is 0.333. The lowest BCUT2D eigenvalue weighted by Crippen LogP contribution is -1.98. The van der Waals surface area contributed by atoms with Crippen LogP contribution in [0.15, 0.2) is 36.5 Å². The van der Waals surface area contributed by atoms with Gasteiger partial charge in [-0.05, 0) is 26.0 Å². The predicted molar refractivity (Wildman–Crippen MR) is 58.0 cm³/mol. The molecular formula is C12H16O2. The summed E-state index contributed by atoms with van der Waals surface area (Å²) >= 11 is 0. The van der Waals surface area contributed by atoms with Crippen LogP contribution in [0.2, 0.25) is 0 Å². The SMILES string of the molecule is CC=CC=CC(=O)CCC(=O)C=CC. The standard InChI is InChI=1S/C12H16O2/c1-3-5-6-8-12(14)10-9-11(13)7-4-2/h3-8H,9-10H2,1-2H3. The Morgan fingerprint density at radius 1 is 0.857 bits per heavy atom. The maximum atomic E-state index is 11.1. The first-order valence-electron chi connectivity index (χ1n) is 4.68. The molecule has 0 saturated carbocycles. The van der Waals surface area contributed by atoms with Crippen molar-refractivity contribution in [2.24, 2.45) is 0 Å². The monoisotopic (exact) mass is 192 g/mol. The number of hydrogen-bond acceptors (Lipinski definition) is 2. The lowest BCUT2D eigenvalue weighted by molar-refractivity contribution is -0.119. The van der Waals surface area contributed by atoms with Gasteiger partial charge in [-0.1, -0.05) is 24.3 Å². The molecule has 0 aromatic carbocycles. The molecule has 0 rings (SSSR count). The van der Waals surface area contributed by atoms with Crippen LogP contribution in [0.3, 0.4) is 0 Å². The highest BCUT2D eigenvalue weighted by Crippen LogP contribution is 1.95. The van der Waals surface area contributed by atoms with Gasteiger partial charge in [0, 0.05) is 12.8 Å². The molecule has 76 valence electrons. The summed E-state index contributed by atoms with van der Waals surface area (Å²) in [6.45, 7) is 3.66. The van der Waals surface area contributed by atoms with E-state index in [1.165, 1.54) is 12.2 Å². The van der Waals surface area contributed by atoms with Crippen molar-refractivity contribution in [3.63, 3.8) is 0 Å². The topological polar surface area (TPSA) is 34.1 Å². The van der Waals surface area contributed by atoms with E-state index in [-0.39, 0.29) is 18.0 Å². The van der Waals surface area contributed by atoms with Crippen molar-refractivity contribution in [2.45, 2.75) is 26.7 Å². The second kappa shape index (κ2) is 8.17. The number of rotatable bonds is 6. The minimum absolute atomic E-state index is 0.000263. The summed E-state index contributed by atoms with van der Waals surface area (Å²) in [4.78, 5) is 22.1. The van der Waals surface area contributed by atoms with Gasteiger partial charge in [0.15, 0.2) is 11.6 Å². The lowest BCUT2D eigenvalue weighted by Gasteiger charge is -1.91. The first-order valence-corrected chi connectivity index (χ1v) is 4.68. The molecule has 0 aliphatic rings. The van der Waals surface area contributed by atoms with Crippen LogP contribution < -0.4 is 0 Å². The van der Waals surface area contributed by atoms with E-state index in [9.17, 15) is 9.59 Å². The van der Waals surface area contributed by atoms with Crippen molar-refractivity contribution < 1.29 is 9.59 Å². The normalized spacial score (nSPS) is 11.9. The van der Waals surface area contributed by atoms with E-state index in [1.54, 1.807) is 25.2 Å². The van der Waals surface area contributed by atoms with Gasteiger partial charge >= 0.3 is 0 Å². The van der Waals surface area contributed by atoms with Crippen LogP contribution in [-0.2, 0) is 9.59 Å². The highest BCUT2D eigenvalue weighted by molar-refractivity contribution is 5.96. The fourth-order valence-electron chi connectivity index (χ4n) is 0.873. The number of ketones is 2. The van der Waals surface area contributed by atoms with E-state index in [0.29, 0.717) is 6.42 Å². The first kappa shape index (κ1) is 12.6. The Morgan fingerprint density at radius 2 is 1.43 bits per heavy atom.